The third-order valence-electron chi connectivity index (χ3n) is 4.42. The van der Waals surface area contributed by atoms with E-state index in [1.54, 1.807) is 6.33 Å². The summed E-state index contributed by atoms with van der Waals surface area (Å²) in [4.78, 5) is 15.6. The van der Waals surface area contributed by atoms with Crippen molar-refractivity contribution in [1.82, 2.24) is 24.4 Å². The van der Waals surface area contributed by atoms with Crippen molar-refractivity contribution in [3.63, 3.8) is 0 Å². The molecule has 0 spiro atoms. The second kappa shape index (κ2) is 5.96. The second-order valence-electron chi connectivity index (χ2n) is 6.09. The maximum Gasteiger partial charge on any atom is 0.143 e. The summed E-state index contributed by atoms with van der Waals surface area (Å²) in [5.41, 5.74) is 2.02. The monoisotopic (exact) mass is 308 g/mol. The van der Waals surface area contributed by atoms with Gasteiger partial charge in [0.25, 0.3) is 0 Å². The van der Waals surface area contributed by atoms with Crippen LogP contribution in [-0.4, -0.2) is 50.6 Å². The molecule has 1 aliphatic rings. The van der Waals surface area contributed by atoms with Crippen molar-refractivity contribution in [3.05, 3.63) is 43.0 Å². The van der Waals surface area contributed by atoms with Crippen molar-refractivity contribution in [2.45, 2.75) is 18.9 Å². The molecule has 0 atom stereocenters. The van der Waals surface area contributed by atoms with Gasteiger partial charge < -0.3 is 10.2 Å². The van der Waals surface area contributed by atoms with E-state index in [-0.39, 0.29) is 0 Å². The van der Waals surface area contributed by atoms with Crippen LogP contribution in [0, 0.1) is 0 Å². The van der Waals surface area contributed by atoms with Crippen molar-refractivity contribution < 1.29 is 0 Å². The molecule has 2 aromatic heterocycles. The highest BCUT2D eigenvalue weighted by atomic mass is 15.2. The Morgan fingerprint density at radius 2 is 1.91 bits per heavy atom. The Balaban J connectivity index is 1.59. The molecule has 3 aromatic rings. The number of likely N-dealkylation sites (tertiary alicyclic amines) is 1. The average Bonchev–Trinajstić information content (AvgIpc) is 3.01. The summed E-state index contributed by atoms with van der Waals surface area (Å²) in [7, 11) is 2.17. The first-order chi connectivity index (χ1) is 11.3. The van der Waals surface area contributed by atoms with E-state index in [0.29, 0.717) is 6.04 Å². The molecule has 1 saturated heterocycles. The molecule has 1 aliphatic heterocycles. The van der Waals surface area contributed by atoms with Crippen LogP contribution < -0.4 is 5.32 Å². The highest BCUT2D eigenvalue weighted by molar-refractivity contribution is 5.76. The molecule has 1 aromatic carbocycles. The fourth-order valence-corrected chi connectivity index (χ4v) is 3.06. The highest BCUT2D eigenvalue weighted by Gasteiger charge is 2.17. The quantitative estimate of drug-likeness (QED) is 0.804. The lowest BCUT2D eigenvalue weighted by molar-refractivity contribution is 0.263. The summed E-state index contributed by atoms with van der Waals surface area (Å²) in [6.45, 7) is 2.25. The van der Waals surface area contributed by atoms with Crippen molar-refractivity contribution in [2.75, 3.05) is 25.5 Å². The van der Waals surface area contributed by atoms with Gasteiger partial charge in [0.1, 0.15) is 24.3 Å². The molecular formula is C17H20N6. The van der Waals surface area contributed by atoms with Crippen LogP contribution in [0.1, 0.15) is 12.8 Å². The molecule has 0 radical (unpaired) electrons. The van der Waals surface area contributed by atoms with E-state index < -0.39 is 0 Å². The zero-order valence-electron chi connectivity index (χ0n) is 13.2. The topological polar surface area (TPSA) is 58.9 Å². The largest absolute Gasteiger partial charge is 0.367 e. The number of rotatable bonds is 3. The summed E-state index contributed by atoms with van der Waals surface area (Å²) in [6.07, 6.45) is 5.71. The lowest BCUT2D eigenvalue weighted by Gasteiger charge is -2.29. The van der Waals surface area contributed by atoms with Gasteiger partial charge in [0.2, 0.25) is 0 Å². The van der Waals surface area contributed by atoms with Gasteiger partial charge in [-0.25, -0.2) is 15.0 Å². The number of benzene rings is 1. The number of nitrogens with one attached hydrogen (secondary N) is 1. The lowest BCUT2D eigenvalue weighted by atomic mass is 10.1. The van der Waals surface area contributed by atoms with Crippen LogP contribution in [0.2, 0.25) is 0 Å². The Bertz CT molecular complexity index is 803. The lowest BCUT2D eigenvalue weighted by Crippen LogP contribution is -2.36. The Kier molecular flexibility index (Phi) is 3.67. The standard InChI is InChI=1S/C17H20N6/c1-22-8-6-13(7-9-22)21-16-10-17(19-11-18-16)23-12-20-14-4-2-3-5-15(14)23/h2-5,10-13H,6-9H2,1H3,(H,18,19,21). The highest BCUT2D eigenvalue weighted by Crippen LogP contribution is 2.19. The Labute approximate surface area is 135 Å². The summed E-state index contributed by atoms with van der Waals surface area (Å²) in [5.74, 6) is 1.71. The number of anilines is 1. The number of para-hydroxylation sites is 2. The van der Waals surface area contributed by atoms with E-state index in [1.165, 1.54) is 0 Å². The first kappa shape index (κ1) is 14.1. The smallest absolute Gasteiger partial charge is 0.143 e. The summed E-state index contributed by atoms with van der Waals surface area (Å²) in [6, 6.07) is 10.5. The average molecular weight is 308 g/mol. The Morgan fingerprint density at radius 3 is 2.78 bits per heavy atom. The van der Waals surface area contributed by atoms with Crippen molar-refractivity contribution in [1.29, 1.82) is 0 Å². The first-order valence-corrected chi connectivity index (χ1v) is 7.99. The SMILES string of the molecule is CN1CCC(Nc2cc(-n3cnc4ccccc43)ncn2)CC1. The van der Waals surface area contributed by atoms with Crippen LogP contribution in [-0.2, 0) is 0 Å². The van der Waals surface area contributed by atoms with Crippen LogP contribution in [0.15, 0.2) is 43.0 Å². The normalized spacial score (nSPS) is 16.7. The molecule has 1 fully saturated rings. The van der Waals surface area contributed by atoms with E-state index in [9.17, 15) is 0 Å². The first-order valence-electron chi connectivity index (χ1n) is 7.99. The van der Waals surface area contributed by atoms with E-state index in [4.69, 9.17) is 0 Å². The van der Waals surface area contributed by atoms with E-state index in [0.717, 1.165) is 48.6 Å². The molecule has 6 nitrogen and oxygen atoms in total. The van der Waals surface area contributed by atoms with Gasteiger partial charge in [-0.1, -0.05) is 12.1 Å². The van der Waals surface area contributed by atoms with Gasteiger partial charge in [-0.05, 0) is 45.1 Å². The molecule has 1 N–H and O–H groups in total. The fourth-order valence-electron chi connectivity index (χ4n) is 3.06. The third kappa shape index (κ3) is 2.90. The fraction of sp³-hybridized carbons (Fsp3) is 0.353. The number of fused-ring (bicyclic) bond motifs is 1. The van der Waals surface area contributed by atoms with Gasteiger partial charge in [-0.3, -0.25) is 4.57 Å². The van der Waals surface area contributed by atoms with Crippen molar-refractivity contribution in [3.8, 4) is 5.82 Å². The maximum atomic E-state index is 4.43. The van der Waals surface area contributed by atoms with Crippen LogP contribution >= 0.6 is 0 Å². The minimum Gasteiger partial charge on any atom is -0.367 e. The molecule has 6 heteroatoms. The number of hydrogen-bond acceptors (Lipinski definition) is 5. The van der Waals surface area contributed by atoms with Crippen LogP contribution in [0.4, 0.5) is 5.82 Å². The molecule has 4 rings (SSSR count). The predicted octanol–water partition coefficient (Wildman–Crippen LogP) is 2.32. The third-order valence-corrected chi connectivity index (χ3v) is 4.42. The zero-order chi connectivity index (χ0) is 15.6. The molecule has 3 heterocycles. The minimum atomic E-state index is 0.480. The molecule has 23 heavy (non-hydrogen) atoms. The Morgan fingerprint density at radius 1 is 1.09 bits per heavy atom. The van der Waals surface area contributed by atoms with Gasteiger partial charge in [0, 0.05) is 12.1 Å². The van der Waals surface area contributed by atoms with E-state index in [2.05, 4.69) is 38.3 Å². The van der Waals surface area contributed by atoms with Gasteiger partial charge in [0.15, 0.2) is 0 Å². The van der Waals surface area contributed by atoms with Crippen LogP contribution in [0.25, 0.3) is 16.9 Å². The van der Waals surface area contributed by atoms with Crippen LogP contribution in [0.5, 0.6) is 0 Å². The molecule has 0 amide bonds. The van der Waals surface area contributed by atoms with Gasteiger partial charge in [0.05, 0.1) is 11.0 Å². The minimum absolute atomic E-state index is 0.480. The van der Waals surface area contributed by atoms with Gasteiger partial charge in [-0.2, -0.15) is 0 Å². The molecule has 0 unspecified atom stereocenters. The molecular weight excluding hydrogens is 288 g/mol. The van der Waals surface area contributed by atoms with Gasteiger partial charge in [-0.15, -0.1) is 0 Å². The van der Waals surface area contributed by atoms with Gasteiger partial charge >= 0.3 is 0 Å². The number of piperidine rings is 1. The van der Waals surface area contributed by atoms with Crippen molar-refractivity contribution >= 4 is 16.9 Å². The van der Waals surface area contributed by atoms with E-state index >= 15 is 0 Å². The predicted molar refractivity (Wildman–Crippen MR) is 90.8 cm³/mol. The van der Waals surface area contributed by atoms with E-state index in [1.807, 2.05) is 35.2 Å². The molecule has 118 valence electrons. The molecule has 0 saturated carbocycles. The molecule has 0 bridgehead atoms. The second-order valence-corrected chi connectivity index (χ2v) is 6.09. The number of hydrogen-bond donors (Lipinski definition) is 1. The summed E-state index contributed by atoms with van der Waals surface area (Å²) < 4.78 is 2.00. The summed E-state index contributed by atoms with van der Waals surface area (Å²) >= 11 is 0. The van der Waals surface area contributed by atoms with Crippen molar-refractivity contribution in [2.24, 2.45) is 0 Å². The number of nitrogens with zero attached hydrogens (tertiary/aromatic N) is 5. The molecule has 0 aliphatic carbocycles. The maximum absolute atomic E-state index is 4.43. The zero-order valence-corrected chi connectivity index (χ0v) is 13.2. The number of imidazole rings is 1. The Hall–Kier alpha value is -2.47. The number of aromatic nitrogens is 4. The van der Waals surface area contributed by atoms with Crippen LogP contribution in [0.3, 0.4) is 0 Å². The summed E-state index contributed by atoms with van der Waals surface area (Å²) in [5, 5.41) is 3.54.